The van der Waals surface area contributed by atoms with E-state index in [1.165, 1.54) is 19.3 Å². The molecule has 0 aromatic carbocycles. The number of methoxy groups -OCH3 is 1. The largest absolute Gasteiger partial charge is 0.350 e. The molecular formula is C9H17IO3. The first-order valence-electron chi connectivity index (χ1n) is 4.77. The lowest BCUT2D eigenvalue weighted by molar-refractivity contribution is -0.399. The smallest absolute Gasteiger partial charge is 0.212 e. The molecule has 0 aromatic rings. The van der Waals surface area contributed by atoms with Gasteiger partial charge in [0, 0.05) is 13.5 Å². The van der Waals surface area contributed by atoms with E-state index in [1.54, 1.807) is 7.11 Å². The van der Waals surface area contributed by atoms with Crippen LogP contribution in [0, 0.1) is 0 Å². The summed E-state index contributed by atoms with van der Waals surface area (Å²) in [5.41, 5.74) is 0. The van der Waals surface area contributed by atoms with Crippen molar-refractivity contribution in [2.75, 3.05) is 7.11 Å². The zero-order valence-corrected chi connectivity index (χ0v) is 10.1. The van der Waals surface area contributed by atoms with Crippen molar-refractivity contribution >= 4 is 22.6 Å². The summed E-state index contributed by atoms with van der Waals surface area (Å²) in [6, 6.07) is 0. The summed E-state index contributed by atoms with van der Waals surface area (Å²) in [5.74, 6) is -0.763. The number of halogens is 1. The van der Waals surface area contributed by atoms with Crippen LogP contribution >= 0.6 is 22.6 Å². The van der Waals surface area contributed by atoms with Crippen LogP contribution in [0.1, 0.15) is 38.5 Å². The Labute approximate surface area is 92.9 Å². The molecule has 2 atom stereocenters. The van der Waals surface area contributed by atoms with Gasteiger partial charge in [0.25, 0.3) is 0 Å². The van der Waals surface area contributed by atoms with Crippen LogP contribution in [-0.4, -0.2) is 22.1 Å². The van der Waals surface area contributed by atoms with Crippen molar-refractivity contribution in [3.8, 4) is 0 Å². The van der Waals surface area contributed by atoms with Crippen LogP contribution in [0.2, 0.25) is 0 Å². The molecule has 0 radical (unpaired) electrons. The van der Waals surface area contributed by atoms with E-state index in [-0.39, 0.29) is 3.92 Å². The van der Waals surface area contributed by atoms with E-state index in [4.69, 9.17) is 9.99 Å². The van der Waals surface area contributed by atoms with Crippen molar-refractivity contribution in [2.45, 2.75) is 48.2 Å². The summed E-state index contributed by atoms with van der Waals surface area (Å²) in [6.45, 7) is 0. The first-order valence-corrected chi connectivity index (χ1v) is 6.01. The standard InChI is InChI=1S/C9H17IO3/c1-12-9(13-11)7-5-3-2-4-6-8(9)10/h8,11H,2-7H2,1H3. The third-order valence-corrected chi connectivity index (χ3v) is 4.28. The first kappa shape index (κ1) is 11.7. The molecule has 0 aromatic heterocycles. The number of alkyl halides is 1. The number of ether oxygens (including phenoxy) is 1. The number of hydrogen-bond donors (Lipinski definition) is 1. The highest BCUT2D eigenvalue weighted by Gasteiger charge is 2.39. The fourth-order valence-electron chi connectivity index (χ4n) is 1.80. The quantitative estimate of drug-likeness (QED) is 0.280. The molecule has 1 saturated carbocycles. The molecule has 0 bridgehead atoms. The van der Waals surface area contributed by atoms with Crippen LogP contribution in [0.4, 0.5) is 0 Å². The van der Waals surface area contributed by atoms with Gasteiger partial charge in [-0.25, -0.2) is 10.1 Å². The average Bonchev–Trinajstić information content (AvgIpc) is 2.14. The Hall–Kier alpha value is 0.610. The summed E-state index contributed by atoms with van der Waals surface area (Å²) >= 11 is 2.30. The number of rotatable bonds is 2. The Kier molecular flexibility index (Phi) is 4.93. The van der Waals surface area contributed by atoms with E-state index in [0.29, 0.717) is 0 Å². The molecule has 0 spiro atoms. The van der Waals surface area contributed by atoms with Gasteiger partial charge in [0.1, 0.15) is 0 Å². The van der Waals surface area contributed by atoms with Crippen LogP contribution in [0.5, 0.6) is 0 Å². The molecule has 4 heteroatoms. The number of hydrogen-bond acceptors (Lipinski definition) is 3. The molecule has 0 saturated heterocycles. The first-order chi connectivity index (χ1) is 6.25. The van der Waals surface area contributed by atoms with Gasteiger partial charge in [-0.1, -0.05) is 41.9 Å². The van der Waals surface area contributed by atoms with E-state index in [9.17, 15) is 0 Å². The Morgan fingerprint density at radius 1 is 1.31 bits per heavy atom. The molecule has 0 aliphatic heterocycles. The topological polar surface area (TPSA) is 38.7 Å². The van der Waals surface area contributed by atoms with Gasteiger partial charge in [-0.2, -0.15) is 0 Å². The van der Waals surface area contributed by atoms with Gasteiger partial charge in [-0.05, 0) is 12.8 Å². The predicted octanol–water partition coefficient (Wildman–Crippen LogP) is 2.98. The van der Waals surface area contributed by atoms with Gasteiger partial charge in [0.05, 0.1) is 3.92 Å². The highest BCUT2D eigenvalue weighted by atomic mass is 127. The third kappa shape index (κ3) is 2.78. The molecule has 0 heterocycles. The highest BCUT2D eigenvalue weighted by Crippen LogP contribution is 2.34. The Balaban J connectivity index is 2.63. The maximum absolute atomic E-state index is 8.90. The highest BCUT2D eigenvalue weighted by molar-refractivity contribution is 14.1. The lowest BCUT2D eigenvalue weighted by atomic mass is 9.96. The van der Waals surface area contributed by atoms with Gasteiger partial charge in [0.15, 0.2) is 0 Å². The van der Waals surface area contributed by atoms with Crippen molar-refractivity contribution in [1.82, 2.24) is 0 Å². The minimum Gasteiger partial charge on any atom is -0.350 e. The van der Waals surface area contributed by atoms with Gasteiger partial charge in [0.2, 0.25) is 5.79 Å². The van der Waals surface area contributed by atoms with Crippen LogP contribution in [0.15, 0.2) is 0 Å². The minimum absolute atomic E-state index is 0.236. The summed E-state index contributed by atoms with van der Waals surface area (Å²) < 4.78 is 5.53. The van der Waals surface area contributed by atoms with Crippen molar-refractivity contribution < 1.29 is 14.9 Å². The van der Waals surface area contributed by atoms with E-state index >= 15 is 0 Å². The lowest BCUT2D eigenvalue weighted by Crippen LogP contribution is -2.43. The Bertz CT molecular complexity index is 148. The monoisotopic (exact) mass is 300 g/mol. The summed E-state index contributed by atoms with van der Waals surface area (Å²) in [5, 5.41) is 8.90. The fourth-order valence-corrected chi connectivity index (χ4v) is 2.91. The van der Waals surface area contributed by atoms with Crippen LogP contribution < -0.4 is 0 Å². The van der Waals surface area contributed by atoms with Crippen LogP contribution in [-0.2, 0) is 9.62 Å². The molecular weight excluding hydrogens is 283 g/mol. The van der Waals surface area contributed by atoms with E-state index in [2.05, 4.69) is 27.5 Å². The molecule has 2 unspecified atom stereocenters. The minimum atomic E-state index is -0.763. The van der Waals surface area contributed by atoms with Crippen molar-refractivity contribution in [3.63, 3.8) is 0 Å². The second-order valence-corrected chi connectivity index (χ2v) is 5.03. The van der Waals surface area contributed by atoms with Crippen molar-refractivity contribution in [2.24, 2.45) is 0 Å². The van der Waals surface area contributed by atoms with Crippen LogP contribution in [0.25, 0.3) is 0 Å². The van der Waals surface area contributed by atoms with E-state index < -0.39 is 5.79 Å². The zero-order valence-electron chi connectivity index (χ0n) is 7.96. The van der Waals surface area contributed by atoms with E-state index in [1.807, 2.05) is 0 Å². The van der Waals surface area contributed by atoms with E-state index in [0.717, 1.165) is 19.3 Å². The Morgan fingerprint density at radius 2 is 2.00 bits per heavy atom. The zero-order chi connectivity index (χ0) is 9.73. The van der Waals surface area contributed by atoms with Gasteiger partial charge in [-0.15, -0.1) is 0 Å². The molecule has 1 rings (SSSR count). The summed E-state index contributed by atoms with van der Waals surface area (Å²) in [4.78, 5) is 4.55. The SMILES string of the molecule is COC1(OO)CCCCCCC1I. The van der Waals surface area contributed by atoms with Gasteiger partial charge in [-0.3, -0.25) is 0 Å². The molecule has 78 valence electrons. The normalized spacial score (nSPS) is 36.7. The van der Waals surface area contributed by atoms with Gasteiger partial charge < -0.3 is 4.74 Å². The molecule has 0 amide bonds. The Morgan fingerprint density at radius 3 is 2.62 bits per heavy atom. The second-order valence-electron chi connectivity index (χ2n) is 3.53. The summed E-state index contributed by atoms with van der Waals surface area (Å²) in [7, 11) is 1.60. The molecule has 1 fully saturated rings. The summed E-state index contributed by atoms with van der Waals surface area (Å²) in [6.07, 6.45) is 6.58. The maximum atomic E-state index is 8.90. The third-order valence-electron chi connectivity index (χ3n) is 2.71. The maximum Gasteiger partial charge on any atom is 0.212 e. The van der Waals surface area contributed by atoms with Gasteiger partial charge >= 0.3 is 0 Å². The molecule has 1 aliphatic rings. The average molecular weight is 300 g/mol. The molecule has 3 nitrogen and oxygen atoms in total. The second kappa shape index (κ2) is 5.48. The van der Waals surface area contributed by atoms with Crippen molar-refractivity contribution in [1.29, 1.82) is 0 Å². The van der Waals surface area contributed by atoms with Crippen molar-refractivity contribution in [3.05, 3.63) is 0 Å². The molecule has 1 aliphatic carbocycles. The molecule has 1 N–H and O–H groups in total. The molecule has 13 heavy (non-hydrogen) atoms. The van der Waals surface area contributed by atoms with Crippen LogP contribution in [0.3, 0.4) is 0 Å². The lowest BCUT2D eigenvalue weighted by Gasteiger charge is -2.34. The predicted molar refractivity (Wildman–Crippen MR) is 59.0 cm³/mol. The fraction of sp³-hybridized carbons (Fsp3) is 1.00.